The van der Waals surface area contributed by atoms with Crippen LogP contribution in [0, 0.1) is 6.92 Å². The molecular formula is C15H20N2O4. The van der Waals surface area contributed by atoms with Gasteiger partial charge >= 0.3 is 12.0 Å². The summed E-state index contributed by atoms with van der Waals surface area (Å²) in [5.74, 6) is -0.927. The molecular weight excluding hydrogens is 272 g/mol. The topological polar surface area (TPSA) is 78.9 Å². The maximum atomic E-state index is 12.4. The first kappa shape index (κ1) is 15.3. The lowest BCUT2D eigenvalue weighted by atomic mass is 10.2. The number of carbonyl (C=O) groups excluding carboxylic acids is 1. The number of nitrogens with one attached hydrogen (secondary N) is 1. The highest BCUT2D eigenvalue weighted by Gasteiger charge is 2.22. The van der Waals surface area contributed by atoms with Gasteiger partial charge in [0.15, 0.2) is 0 Å². The fourth-order valence-corrected chi connectivity index (χ4v) is 2.18. The number of carboxylic acid groups (broad SMARTS) is 1. The number of benzene rings is 1. The van der Waals surface area contributed by atoms with E-state index in [0.717, 1.165) is 12.0 Å². The molecule has 0 saturated carbocycles. The molecule has 0 spiro atoms. The van der Waals surface area contributed by atoms with E-state index in [2.05, 4.69) is 5.32 Å². The molecule has 1 aliphatic heterocycles. The Hall–Kier alpha value is -2.08. The largest absolute Gasteiger partial charge is 0.481 e. The number of carboxylic acids is 1. The molecule has 1 aliphatic rings. The lowest BCUT2D eigenvalue weighted by Crippen LogP contribution is -2.46. The molecule has 0 aliphatic carbocycles. The Bertz CT molecular complexity index is 495. The minimum absolute atomic E-state index is 0.00437. The predicted octanol–water partition coefficient (Wildman–Crippen LogP) is 1.77. The molecule has 114 valence electrons. The van der Waals surface area contributed by atoms with Crippen LogP contribution in [0.4, 0.5) is 10.5 Å². The summed E-state index contributed by atoms with van der Waals surface area (Å²) in [5, 5.41) is 11.7. The lowest BCUT2D eigenvalue weighted by Gasteiger charge is -2.24. The van der Waals surface area contributed by atoms with Crippen LogP contribution >= 0.6 is 0 Å². The van der Waals surface area contributed by atoms with Gasteiger partial charge in [0.05, 0.1) is 19.1 Å². The summed E-state index contributed by atoms with van der Waals surface area (Å²) in [6.07, 6.45) is 0.689. The number of hydrogen-bond donors (Lipinski definition) is 2. The van der Waals surface area contributed by atoms with E-state index in [0.29, 0.717) is 18.9 Å². The fourth-order valence-electron chi connectivity index (χ4n) is 2.18. The van der Waals surface area contributed by atoms with Gasteiger partial charge in [0.1, 0.15) is 0 Å². The highest BCUT2D eigenvalue weighted by Crippen LogP contribution is 2.16. The molecule has 6 nitrogen and oxygen atoms in total. The van der Waals surface area contributed by atoms with E-state index < -0.39 is 5.97 Å². The number of hydrogen-bond acceptors (Lipinski definition) is 3. The zero-order valence-electron chi connectivity index (χ0n) is 12.0. The molecule has 1 atom stereocenters. The average Bonchev–Trinajstić information content (AvgIpc) is 2.93. The zero-order valence-corrected chi connectivity index (χ0v) is 12.0. The number of urea groups is 1. The number of aryl methyl sites for hydroxylation is 1. The second-order valence-electron chi connectivity index (χ2n) is 5.14. The number of rotatable bonds is 5. The van der Waals surface area contributed by atoms with Gasteiger partial charge in [-0.25, -0.2) is 4.79 Å². The Morgan fingerprint density at radius 1 is 1.38 bits per heavy atom. The van der Waals surface area contributed by atoms with Crippen LogP contribution in [-0.2, 0) is 9.53 Å². The Labute approximate surface area is 123 Å². The molecule has 21 heavy (non-hydrogen) atoms. The van der Waals surface area contributed by atoms with E-state index in [1.54, 1.807) is 0 Å². The quantitative estimate of drug-likeness (QED) is 0.867. The third-order valence-electron chi connectivity index (χ3n) is 3.40. The van der Waals surface area contributed by atoms with E-state index in [4.69, 9.17) is 9.84 Å². The van der Waals surface area contributed by atoms with Crippen molar-refractivity contribution in [3.05, 3.63) is 29.8 Å². The highest BCUT2D eigenvalue weighted by molar-refractivity contribution is 5.92. The zero-order chi connectivity index (χ0) is 15.2. The Morgan fingerprint density at radius 3 is 2.67 bits per heavy atom. The SMILES string of the molecule is Cc1ccc(N(CCC(=O)O)C(=O)NC2CCOC2)cc1. The summed E-state index contributed by atoms with van der Waals surface area (Å²) >= 11 is 0. The summed E-state index contributed by atoms with van der Waals surface area (Å²) in [5.41, 5.74) is 1.78. The van der Waals surface area contributed by atoms with Gasteiger partial charge in [0, 0.05) is 18.8 Å². The minimum atomic E-state index is -0.927. The maximum Gasteiger partial charge on any atom is 0.322 e. The van der Waals surface area contributed by atoms with Crippen LogP contribution in [0.25, 0.3) is 0 Å². The number of anilines is 1. The smallest absolute Gasteiger partial charge is 0.322 e. The first-order chi connectivity index (χ1) is 10.1. The second-order valence-corrected chi connectivity index (χ2v) is 5.14. The van der Waals surface area contributed by atoms with Crippen molar-refractivity contribution in [2.45, 2.75) is 25.8 Å². The Morgan fingerprint density at radius 2 is 2.10 bits per heavy atom. The predicted molar refractivity (Wildman–Crippen MR) is 78.5 cm³/mol. The lowest BCUT2D eigenvalue weighted by molar-refractivity contribution is -0.136. The van der Waals surface area contributed by atoms with Crippen LogP contribution in [0.1, 0.15) is 18.4 Å². The van der Waals surface area contributed by atoms with Gasteiger partial charge in [-0.05, 0) is 25.5 Å². The first-order valence-corrected chi connectivity index (χ1v) is 7.00. The average molecular weight is 292 g/mol. The molecule has 0 radical (unpaired) electrons. The van der Waals surface area contributed by atoms with Crippen LogP contribution in [0.15, 0.2) is 24.3 Å². The molecule has 6 heteroatoms. The number of amides is 2. The second kappa shape index (κ2) is 7.08. The van der Waals surface area contributed by atoms with Crippen molar-refractivity contribution in [1.82, 2.24) is 5.32 Å². The molecule has 2 N–H and O–H groups in total. The van der Waals surface area contributed by atoms with E-state index in [-0.39, 0.29) is 25.0 Å². The van der Waals surface area contributed by atoms with Crippen LogP contribution in [0.2, 0.25) is 0 Å². The van der Waals surface area contributed by atoms with Gasteiger partial charge in [-0.15, -0.1) is 0 Å². The summed E-state index contributed by atoms with van der Waals surface area (Å²) in [4.78, 5) is 24.6. The minimum Gasteiger partial charge on any atom is -0.481 e. The fraction of sp³-hybridized carbons (Fsp3) is 0.467. The molecule has 0 bridgehead atoms. The van der Waals surface area contributed by atoms with Crippen LogP contribution in [-0.4, -0.2) is 42.9 Å². The molecule has 2 rings (SSSR count). The molecule has 2 amide bonds. The van der Waals surface area contributed by atoms with Crippen LogP contribution in [0.5, 0.6) is 0 Å². The number of ether oxygens (including phenoxy) is 1. The van der Waals surface area contributed by atoms with Crippen molar-refractivity contribution in [2.75, 3.05) is 24.7 Å². The molecule has 1 heterocycles. The first-order valence-electron chi connectivity index (χ1n) is 7.00. The van der Waals surface area contributed by atoms with Gasteiger partial charge in [-0.1, -0.05) is 17.7 Å². The number of nitrogens with zero attached hydrogens (tertiary/aromatic N) is 1. The van der Waals surface area contributed by atoms with Gasteiger partial charge in [0.2, 0.25) is 0 Å². The standard InChI is InChI=1S/C15H20N2O4/c1-11-2-4-13(5-3-11)17(8-6-14(18)19)15(20)16-12-7-9-21-10-12/h2-5,12H,6-10H2,1H3,(H,16,20)(H,18,19). The molecule has 1 aromatic rings. The van der Waals surface area contributed by atoms with Gasteiger partial charge in [0.25, 0.3) is 0 Å². The molecule has 1 saturated heterocycles. The van der Waals surface area contributed by atoms with Crippen molar-refractivity contribution < 1.29 is 19.4 Å². The Balaban J connectivity index is 2.08. The van der Waals surface area contributed by atoms with Gasteiger partial charge in [-0.2, -0.15) is 0 Å². The van der Waals surface area contributed by atoms with E-state index in [1.807, 2.05) is 31.2 Å². The monoisotopic (exact) mass is 292 g/mol. The van der Waals surface area contributed by atoms with Crippen LogP contribution in [0.3, 0.4) is 0 Å². The van der Waals surface area contributed by atoms with Crippen molar-refractivity contribution in [3.8, 4) is 0 Å². The molecule has 1 unspecified atom stereocenters. The Kier molecular flexibility index (Phi) is 5.16. The maximum absolute atomic E-state index is 12.4. The number of aliphatic carboxylic acids is 1. The third-order valence-corrected chi connectivity index (χ3v) is 3.40. The summed E-state index contributed by atoms with van der Waals surface area (Å²) < 4.78 is 5.23. The summed E-state index contributed by atoms with van der Waals surface area (Å²) in [6.45, 7) is 3.25. The number of carbonyl (C=O) groups is 2. The van der Waals surface area contributed by atoms with Crippen LogP contribution < -0.4 is 10.2 Å². The van der Waals surface area contributed by atoms with E-state index >= 15 is 0 Å². The van der Waals surface area contributed by atoms with Crippen molar-refractivity contribution >= 4 is 17.7 Å². The molecule has 0 aromatic heterocycles. The van der Waals surface area contributed by atoms with Crippen molar-refractivity contribution in [1.29, 1.82) is 0 Å². The summed E-state index contributed by atoms with van der Waals surface area (Å²) in [6, 6.07) is 7.15. The third kappa shape index (κ3) is 4.46. The highest BCUT2D eigenvalue weighted by atomic mass is 16.5. The van der Waals surface area contributed by atoms with Gasteiger partial charge in [-0.3, -0.25) is 9.69 Å². The van der Waals surface area contributed by atoms with E-state index in [9.17, 15) is 9.59 Å². The normalized spacial score (nSPS) is 17.5. The van der Waals surface area contributed by atoms with Crippen molar-refractivity contribution in [2.24, 2.45) is 0 Å². The molecule has 1 fully saturated rings. The van der Waals surface area contributed by atoms with Gasteiger partial charge < -0.3 is 15.2 Å². The summed E-state index contributed by atoms with van der Waals surface area (Å²) in [7, 11) is 0. The van der Waals surface area contributed by atoms with E-state index in [1.165, 1.54) is 4.90 Å². The molecule has 1 aromatic carbocycles. The van der Waals surface area contributed by atoms with Crippen molar-refractivity contribution in [3.63, 3.8) is 0 Å².